The number of H-pyrrole nitrogens is 1. The highest BCUT2D eigenvalue weighted by Gasteiger charge is 2.38. The molecule has 1 aliphatic rings. The first-order chi connectivity index (χ1) is 15.0. The largest absolute Gasteiger partial charge is 0.497 e. The molecular weight excluding hydrogens is 396 g/mol. The highest BCUT2D eigenvalue weighted by Crippen LogP contribution is 2.39. The van der Waals surface area contributed by atoms with E-state index >= 15 is 0 Å². The van der Waals surface area contributed by atoms with Crippen molar-refractivity contribution in [3.63, 3.8) is 0 Å². The minimum Gasteiger partial charge on any atom is -0.497 e. The van der Waals surface area contributed by atoms with Crippen LogP contribution in [0.2, 0.25) is 0 Å². The molecule has 2 atom stereocenters. The maximum Gasteiger partial charge on any atom is 0.260 e. The second kappa shape index (κ2) is 8.99. The number of nitrogens with zero attached hydrogens (tertiary/aromatic N) is 3. The van der Waals surface area contributed by atoms with Crippen LogP contribution < -0.4 is 15.0 Å². The SMILES string of the molecule is COc1ccc([C@@H]2CN(C(=O)COc3cccnc3)C[C@H]2c2cc(=O)[nH]c(C)n2)cc1. The van der Waals surface area contributed by atoms with Crippen LogP contribution in [0.3, 0.4) is 0 Å². The molecule has 0 unspecified atom stereocenters. The maximum absolute atomic E-state index is 12.9. The standard InChI is InChI=1S/C23H24N4O4/c1-15-25-21(10-22(28)26-15)20-13-27(23(29)14-31-18-4-3-9-24-11-18)12-19(20)16-5-7-17(30-2)8-6-16/h3-11,19-20H,12-14H2,1-2H3,(H,25,26,28)/t19-,20+/m0/s1. The van der Waals surface area contributed by atoms with Crippen molar-refractivity contribution in [2.45, 2.75) is 18.8 Å². The van der Waals surface area contributed by atoms with E-state index in [1.54, 1.807) is 43.5 Å². The first-order valence-electron chi connectivity index (χ1n) is 10.1. The average molecular weight is 420 g/mol. The molecule has 1 N–H and O–H groups in total. The molecule has 0 aliphatic carbocycles. The number of likely N-dealkylation sites (tertiary alicyclic amines) is 1. The molecule has 160 valence electrons. The smallest absolute Gasteiger partial charge is 0.260 e. The van der Waals surface area contributed by atoms with E-state index in [9.17, 15) is 9.59 Å². The fourth-order valence-corrected chi connectivity index (χ4v) is 3.96. The van der Waals surface area contributed by atoms with E-state index in [2.05, 4.69) is 15.0 Å². The summed E-state index contributed by atoms with van der Waals surface area (Å²) in [5, 5.41) is 0. The Morgan fingerprint density at radius 3 is 2.61 bits per heavy atom. The Morgan fingerprint density at radius 2 is 1.94 bits per heavy atom. The lowest BCUT2D eigenvalue weighted by atomic mass is 9.86. The number of aryl methyl sites for hydroxylation is 1. The molecule has 1 aromatic carbocycles. The number of hydrogen-bond donors (Lipinski definition) is 1. The summed E-state index contributed by atoms with van der Waals surface area (Å²) < 4.78 is 10.9. The summed E-state index contributed by atoms with van der Waals surface area (Å²) >= 11 is 0. The van der Waals surface area contributed by atoms with E-state index in [-0.39, 0.29) is 29.9 Å². The summed E-state index contributed by atoms with van der Waals surface area (Å²) in [6.07, 6.45) is 3.22. The third kappa shape index (κ3) is 4.74. The van der Waals surface area contributed by atoms with Gasteiger partial charge in [-0.05, 0) is 36.8 Å². The molecule has 8 heteroatoms. The molecule has 4 rings (SSSR count). The van der Waals surface area contributed by atoms with Gasteiger partial charge in [0.15, 0.2) is 6.61 Å². The summed E-state index contributed by atoms with van der Waals surface area (Å²) in [5.41, 5.74) is 1.56. The Bertz CT molecular complexity index is 1100. The lowest BCUT2D eigenvalue weighted by Crippen LogP contribution is -2.33. The molecule has 2 aromatic heterocycles. The molecule has 3 heterocycles. The van der Waals surface area contributed by atoms with Crippen molar-refractivity contribution in [1.82, 2.24) is 19.9 Å². The minimum absolute atomic E-state index is 0.00180. The minimum atomic E-state index is -0.194. The van der Waals surface area contributed by atoms with Gasteiger partial charge in [0.25, 0.3) is 11.5 Å². The van der Waals surface area contributed by atoms with Crippen molar-refractivity contribution in [2.75, 3.05) is 26.8 Å². The number of carbonyl (C=O) groups is 1. The predicted octanol–water partition coefficient (Wildman–Crippen LogP) is 2.27. The quantitative estimate of drug-likeness (QED) is 0.657. The normalized spacial score (nSPS) is 18.1. The van der Waals surface area contributed by atoms with Crippen LogP contribution in [0.4, 0.5) is 0 Å². The van der Waals surface area contributed by atoms with Gasteiger partial charge in [0.05, 0.1) is 19.0 Å². The summed E-state index contributed by atoms with van der Waals surface area (Å²) in [5.74, 6) is 1.65. The molecule has 0 saturated carbocycles. The van der Waals surface area contributed by atoms with Crippen molar-refractivity contribution in [1.29, 1.82) is 0 Å². The molecule has 1 saturated heterocycles. The van der Waals surface area contributed by atoms with Gasteiger partial charge in [0.2, 0.25) is 0 Å². The highest BCUT2D eigenvalue weighted by atomic mass is 16.5. The van der Waals surface area contributed by atoms with Crippen LogP contribution >= 0.6 is 0 Å². The van der Waals surface area contributed by atoms with Gasteiger partial charge >= 0.3 is 0 Å². The Kier molecular flexibility index (Phi) is 5.97. The molecule has 0 radical (unpaired) electrons. The van der Waals surface area contributed by atoms with Gasteiger partial charge in [-0.3, -0.25) is 14.6 Å². The number of benzene rings is 1. The zero-order chi connectivity index (χ0) is 21.8. The van der Waals surface area contributed by atoms with Crippen molar-refractivity contribution in [3.05, 3.63) is 82.3 Å². The molecule has 1 fully saturated rings. The summed E-state index contributed by atoms with van der Waals surface area (Å²) in [6, 6.07) is 12.8. The molecule has 0 bridgehead atoms. The van der Waals surface area contributed by atoms with Crippen LogP contribution in [0.5, 0.6) is 11.5 Å². The van der Waals surface area contributed by atoms with E-state index < -0.39 is 0 Å². The summed E-state index contributed by atoms with van der Waals surface area (Å²) in [7, 11) is 1.62. The second-order valence-electron chi connectivity index (χ2n) is 7.52. The summed E-state index contributed by atoms with van der Waals surface area (Å²) in [4.78, 5) is 37.9. The second-order valence-corrected chi connectivity index (χ2v) is 7.52. The van der Waals surface area contributed by atoms with Gasteiger partial charge in [0, 0.05) is 37.2 Å². The number of aromatic nitrogens is 3. The Labute approximate surface area is 179 Å². The van der Waals surface area contributed by atoms with Gasteiger partial charge in [-0.15, -0.1) is 0 Å². The number of carbonyl (C=O) groups excluding carboxylic acids is 1. The van der Waals surface area contributed by atoms with Gasteiger partial charge in [-0.25, -0.2) is 4.98 Å². The first-order valence-corrected chi connectivity index (χ1v) is 10.1. The van der Waals surface area contributed by atoms with Crippen LogP contribution in [-0.4, -0.2) is 52.6 Å². The number of pyridine rings is 1. The van der Waals surface area contributed by atoms with Crippen molar-refractivity contribution >= 4 is 5.91 Å². The molecule has 1 amide bonds. The topological polar surface area (TPSA) is 97.4 Å². The number of methoxy groups -OCH3 is 1. The maximum atomic E-state index is 12.9. The van der Waals surface area contributed by atoms with Gasteiger partial charge in [-0.1, -0.05) is 12.1 Å². The van der Waals surface area contributed by atoms with Crippen molar-refractivity contribution in [2.24, 2.45) is 0 Å². The van der Waals surface area contributed by atoms with Crippen LogP contribution in [0.1, 0.15) is 28.9 Å². The third-order valence-corrected chi connectivity index (χ3v) is 5.47. The molecule has 3 aromatic rings. The van der Waals surface area contributed by atoms with E-state index in [1.807, 2.05) is 24.3 Å². The van der Waals surface area contributed by atoms with Gasteiger partial charge < -0.3 is 19.4 Å². The van der Waals surface area contributed by atoms with Gasteiger partial charge in [0.1, 0.15) is 17.3 Å². The molecular formula is C23H24N4O4. The Hall–Kier alpha value is -3.68. The molecule has 0 spiro atoms. The average Bonchev–Trinajstić information content (AvgIpc) is 3.23. The van der Waals surface area contributed by atoms with Crippen molar-refractivity contribution < 1.29 is 14.3 Å². The van der Waals surface area contributed by atoms with E-state index in [0.29, 0.717) is 30.4 Å². The predicted molar refractivity (Wildman–Crippen MR) is 114 cm³/mol. The highest BCUT2D eigenvalue weighted by molar-refractivity contribution is 5.78. The number of ether oxygens (including phenoxy) is 2. The number of amides is 1. The van der Waals surface area contributed by atoms with E-state index in [4.69, 9.17) is 9.47 Å². The lowest BCUT2D eigenvalue weighted by molar-refractivity contribution is -0.132. The first kappa shape index (κ1) is 20.6. The van der Waals surface area contributed by atoms with E-state index in [1.165, 1.54) is 6.07 Å². The van der Waals surface area contributed by atoms with E-state index in [0.717, 1.165) is 11.3 Å². The molecule has 31 heavy (non-hydrogen) atoms. The van der Waals surface area contributed by atoms with Gasteiger partial charge in [-0.2, -0.15) is 0 Å². The van der Waals surface area contributed by atoms with Crippen LogP contribution in [0, 0.1) is 6.92 Å². The van der Waals surface area contributed by atoms with Crippen LogP contribution in [0.15, 0.2) is 59.7 Å². The number of hydrogen-bond acceptors (Lipinski definition) is 6. The lowest BCUT2D eigenvalue weighted by Gasteiger charge is -2.18. The zero-order valence-corrected chi connectivity index (χ0v) is 17.4. The van der Waals surface area contributed by atoms with Crippen molar-refractivity contribution in [3.8, 4) is 11.5 Å². The monoisotopic (exact) mass is 420 g/mol. The third-order valence-electron chi connectivity index (χ3n) is 5.47. The van der Waals surface area contributed by atoms with Crippen LogP contribution in [-0.2, 0) is 4.79 Å². The van der Waals surface area contributed by atoms with Crippen LogP contribution in [0.25, 0.3) is 0 Å². The Balaban J connectivity index is 1.57. The molecule has 1 aliphatic heterocycles. The zero-order valence-electron chi connectivity index (χ0n) is 17.4. The Morgan fingerprint density at radius 1 is 1.16 bits per heavy atom. The number of rotatable bonds is 6. The number of aromatic amines is 1. The molecule has 8 nitrogen and oxygen atoms in total. The fraction of sp³-hybridized carbons (Fsp3) is 0.304. The summed E-state index contributed by atoms with van der Waals surface area (Å²) in [6.45, 7) is 2.66. The fourth-order valence-electron chi connectivity index (χ4n) is 3.96. The number of nitrogens with one attached hydrogen (secondary N) is 1.